The van der Waals surface area contributed by atoms with Gasteiger partial charge >= 0.3 is 0 Å². The third-order valence-corrected chi connectivity index (χ3v) is 4.20. The molecule has 108 valence electrons. The van der Waals surface area contributed by atoms with E-state index < -0.39 is 16.8 Å². The average molecular weight is 287 g/mol. The van der Waals surface area contributed by atoms with Gasteiger partial charge in [-0.25, -0.2) is 0 Å². The number of nitrogens with one attached hydrogen (secondary N) is 2. The van der Waals surface area contributed by atoms with Crippen LogP contribution in [-0.2, 0) is 20.4 Å². The lowest BCUT2D eigenvalue weighted by atomic mass is 10.0. The zero-order valence-corrected chi connectivity index (χ0v) is 12.0. The molecule has 0 bridgehead atoms. The average Bonchev–Trinajstić information content (AvgIpc) is 2.32. The van der Waals surface area contributed by atoms with Crippen LogP contribution in [0.5, 0.6) is 0 Å². The predicted octanol–water partition coefficient (Wildman–Crippen LogP) is -1.11. The maximum absolute atomic E-state index is 11.9. The molecule has 2 amide bonds. The van der Waals surface area contributed by atoms with Gasteiger partial charge in [0.1, 0.15) is 0 Å². The summed E-state index contributed by atoms with van der Waals surface area (Å²) >= 11 is 0. The first-order valence-corrected chi connectivity index (χ1v) is 7.76. The van der Waals surface area contributed by atoms with Gasteiger partial charge in [-0.2, -0.15) is 0 Å². The van der Waals surface area contributed by atoms with Crippen LogP contribution in [0.2, 0.25) is 0 Å². The van der Waals surface area contributed by atoms with Gasteiger partial charge in [-0.1, -0.05) is 19.9 Å². The van der Waals surface area contributed by atoms with Crippen molar-refractivity contribution in [3.05, 3.63) is 12.2 Å². The van der Waals surface area contributed by atoms with E-state index in [1.54, 1.807) is 6.08 Å². The predicted molar refractivity (Wildman–Crippen MR) is 74.8 cm³/mol. The number of amides is 2. The van der Waals surface area contributed by atoms with Crippen LogP contribution in [0.15, 0.2) is 12.2 Å². The van der Waals surface area contributed by atoms with Gasteiger partial charge in [-0.3, -0.25) is 13.8 Å². The smallest absolute Gasteiger partial charge is 0.243 e. The normalized spacial score (nSPS) is 31.9. The zero-order valence-electron chi connectivity index (χ0n) is 11.2. The Morgan fingerprint density at radius 2 is 2.11 bits per heavy atom. The molecule has 4 N–H and O–H groups in total. The Bertz CT molecular complexity index is 396. The lowest BCUT2D eigenvalue weighted by Crippen LogP contribution is -2.49. The zero-order chi connectivity index (χ0) is 14.4. The van der Waals surface area contributed by atoms with E-state index in [0.717, 1.165) is 0 Å². The van der Waals surface area contributed by atoms with Gasteiger partial charge in [0.2, 0.25) is 11.8 Å². The molecule has 0 saturated carbocycles. The summed E-state index contributed by atoms with van der Waals surface area (Å²) < 4.78 is 11.7. The number of hydrogen-bond donors (Lipinski definition) is 3. The molecule has 1 aliphatic heterocycles. The molecule has 0 fully saturated rings. The third kappa shape index (κ3) is 5.52. The van der Waals surface area contributed by atoms with Gasteiger partial charge < -0.3 is 16.4 Å². The van der Waals surface area contributed by atoms with Crippen LogP contribution in [0.4, 0.5) is 0 Å². The summed E-state index contributed by atoms with van der Waals surface area (Å²) in [6.07, 6.45) is 3.05. The summed E-state index contributed by atoms with van der Waals surface area (Å²) in [6.45, 7) is 4.18. The maximum atomic E-state index is 11.9. The van der Waals surface area contributed by atoms with E-state index in [2.05, 4.69) is 10.6 Å². The van der Waals surface area contributed by atoms with Crippen molar-refractivity contribution in [2.75, 3.05) is 18.1 Å². The molecule has 3 atom stereocenters. The fourth-order valence-electron chi connectivity index (χ4n) is 1.61. The SMILES string of the molecule is CC(C)[C@H]1/C=C/C(=O)NCCS(=O)C[C@H](N)C(=O)N1. The molecule has 1 aliphatic rings. The molecule has 0 spiro atoms. The summed E-state index contributed by atoms with van der Waals surface area (Å²) in [5.41, 5.74) is 5.72. The molecule has 7 heteroatoms. The first-order valence-electron chi connectivity index (χ1n) is 6.27. The maximum Gasteiger partial charge on any atom is 0.243 e. The standard InChI is InChI=1S/C12H21N3O3S/c1-8(2)10-3-4-11(16)14-5-6-19(18)7-9(13)12(17)15-10/h3-4,8-10H,5-7,13H2,1-2H3,(H,14,16)(H,15,17)/b4-3+/t9-,10+,19?/m0/s1. The third-order valence-electron chi connectivity index (χ3n) is 2.81. The number of rotatable bonds is 1. The molecular formula is C12H21N3O3S. The van der Waals surface area contributed by atoms with Crippen LogP contribution in [0.3, 0.4) is 0 Å². The fourth-order valence-corrected chi connectivity index (χ4v) is 2.65. The Balaban J connectivity index is 2.85. The molecule has 0 radical (unpaired) electrons. The van der Waals surface area contributed by atoms with Crippen LogP contribution in [0, 0.1) is 5.92 Å². The van der Waals surface area contributed by atoms with Crippen molar-refractivity contribution >= 4 is 22.6 Å². The number of carbonyl (C=O) groups excluding carboxylic acids is 2. The highest BCUT2D eigenvalue weighted by atomic mass is 32.2. The largest absolute Gasteiger partial charge is 0.352 e. The van der Waals surface area contributed by atoms with Crippen LogP contribution >= 0.6 is 0 Å². The highest BCUT2D eigenvalue weighted by Gasteiger charge is 2.21. The number of nitrogens with two attached hydrogens (primary N) is 1. The van der Waals surface area contributed by atoms with E-state index in [1.807, 2.05) is 13.8 Å². The second-order valence-corrected chi connectivity index (χ2v) is 6.47. The van der Waals surface area contributed by atoms with Crippen molar-refractivity contribution in [3.8, 4) is 0 Å². The van der Waals surface area contributed by atoms with Gasteiger partial charge in [0, 0.05) is 41.0 Å². The summed E-state index contributed by atoms with van der Waals surface area (Å²) in [4.78, 5) is 23.4. The first-order chi connectivity index (χ1) is 8.90. The quantitative estimate of drug-likeness (QED) is 0.569. The molecule has 0 aromatic carbocycles. The van der Waals surface area contributed by atoms with Gasteiger partial charge in [0.05, 0.1) is 6.04 Å². The summed E-state index contributed by atoms with van der Waals surface area (Å²) in [6, 6.07) is -1.05. The summed E-state index contributed by atoms with van der Waals surface area (Å²) in [5.74, 6) is -0.0437. The van der Waals surface area contributed by atoms with Crippen molar-refractivity contribution in [3.63, 3.8) is 0 Å². The minimum absolute atomic E-state index is 0.107. The van der Waals surface area contributed by atoms with E-state index in [9.17, 15) is 13.8 Å². The highest BCUT2D eigenvalue weighted by Crippen LogP contribution is 2.04. The first kappa shape index (κ1) is 15.8. The van der Waals surface area contributed by atoms with Crippen LogP contribution in [-0.4, -0.2) is 46.2 Å². The Morgan fingerprint density at radius 3 is 2.74 bits per heavy atom. The van der Waals surface area contributed by atoms with Crippen molar-refractivity contribution in [1.29, 1.82) is 0 Å². The molecule has 6 nitrogen and oxygen atoms in total. The Morgan fingerprint density at radius 1 is 1.42 bits per heavy atom. The van der Waals surface area contributed by atoms with E-state index in [4.69, 9.17) is 5.73 Å². The second-order valence-electron chi connectivity index (χ2n) is 4.85. The Hall–Kier alpha value is -1.21. The second kappa shape index (κ2) is 7.40. The Kier molecular flexibility index (Phi) is 6.17. The van der Waals surface area contributed by atoms with E-state index in [-0.39, 0.29) is 29.5 Å². The lowest BCUT2D eigenvalue weighted by Gasteiger charge is -2.21. The van der Waals surface area contributed by atoms with Gasteiger partial charge in [-0.05, 0) is 5.92 Å². The molecule has 0 aromatic rings. The van der Waals surface area contributed by atoms with Crippen molar-refractivity contribution in [2.24, 2.45) is 11.7 Å². The van der Waals surface area contributed by atoms with Crippen molar-refractivity contribution < 1.29 is 13.8 Å². The van der Waals surface area contributed by atoms with Crippen LogP contribution < -0.4 is 16.4 Å². The molecule has 0 aromatic heterocycles. The van der Waals surface area contributed by atoms with Gasteiger partial charge in [0.15, 0.2) is 0 Å². The van der Waals surface area contributed by atoms with E-state index in [1.165, 1.54) is 6.08 Å². The summed E-state index contributed by atoms with van der Waals surface area (Å²) in [5, 5.41) is 5.40. The van der Waals surface area contributed by atoms with Crippen molar-refractivity contribution in [2.45, 2.75) is 25.9 Å². The molecule has 1 rings (SSSR count). The fraction of sp³-hybridized carbons (Fsp3) is 0.667. The summed E-state index contributed by atoms with van der Waals surface area (Å²) in [7, 11) is -1.21. The van der Waals surface area contributed by atoms with Crippen LogP contribution in [0.25, 0.3) is 0 Å². The van der Waals surface area contributed by atoms with Crippen molar-refractivity contribution in [1.82, 2.24) is 10.6 Å². The Labute approximate surface area is 115 Å². The van der Waals surface area contributed by atoms with Crippen LogP contribution in [0.1, 0.15) is 13.8 Å². The minimum Gasteiger partial charge on any atom is -0.352 e. The number of hydrogen-bond acceptors (Lipinski definition) is 4. The highest BCUT2D eigenvalue weighted by molar-refractivity contribution is 7.85. The molecule has 1 heterocycles. The molecule has 1 unspecified atom stereocenters. The topological polar surface area (TPSA) is 101 Å². The lowest BCUT2D eigenvalue weighted by molar-refractivity contribution is -0.122. The van der Waals surface area contributed by atoms with E-state index in [0.29, 0.717) is 12.3 Å². The molecule has 0 saturated heterocycles. The molecule has 0 aliphatic carbocycles. The molecule has 19 heavy (non-hydrogen) atoms. The minimum atomic E-state index is -1.21. The van der Waals surface area contributed by atoms with E-state index >= 15 is 0 Å². The number of carbonyl (C=O) groups is 2. The van der Waals surface area contributed by atoms with Gasteiger partial charge in [0.25, 0.3) is 0 Å². The monoisotopic (exact) mass is 287 g/mol. The molecular weight excluding hydrogens is 266 g/mol. The van der Waals surface area contributed by atoms with Gasteiger partial charge in [-0.15, -0.1) is 0 Å².